The van der Waals surface area contributed by atoms with Crippen molar-refractivity contribution in [2.24, 2.45) is 5.10 Å². The molecular weight excluding hydrogens is 550 g/mol. The molecule has 0 saturated heterocycles. The van der Waals surface area contributed by atoms with Gasteiger partial charge in [0.2, 0.25) is 22.1 Å². The maximum atomic E-state index is 12.5. The van der Waals surface area contributed by atoms with Gasteiger partial charge in [0.05, 0.1) is 22.6 Å². The Labute approximate surface area is 238 Å². The lowest BCUT2D eigenvalue weighted by Crippen LogP contribution is -2.15. The van der Waals surface area contributed by atoms with Crippen LogP contribution in [0, 0.1) is 24.0 Å². The molecule has 204 valence electrons. The quantitative estimate of drug-likeness (QED) is 0.108. The van der Waals surface area contributed by atoms with E-state index in [1.54, 1.807) is 12.1 Å². The Morgan fingerprint density at radius 1 is 0.875 bits per heavy atom. The summed E-state index contributed by atoms with van der Waals surface area (Å²) in [5.74, 6) is -0.399. The fourth-order valence-corrected chi connectivity index (χ4v) is 4.73. The van der Waals surface area contributed by atoms with Crippen LogP contribution in [-0.2, 0) is 9.59 Å². The van der Waals surface area contributed by atoms with Crippen LogP contribution in [0.15, 0.2) is 88.2 Å². The Morgan fingerprint density at radius 2 is 1.38 bits per heavy atom. The van der Waals surface area contributed by atoms with Gasteiger partial charge in [0, 0.05) is 29.1 Å². The number of nitrogens with zero attached hydrogens (tertiary/aromatic N) is 5. The van der Waals surface area contributed by atoms with Crippen LogP contribution < -0.4 is 10.6 Å². The van der Waals surface area contributed by atoms with Gasteiger partial charge in [0.25, 0.3) is 5.69 Å². The molecule has 0 aliphatic rings. The molecule has 13 heteroatoms. The zero-order valence-corrected chi connectivity index (χ0v) is 23.2. The topological polar surface area (TPSA) is 144 Å². The molecule has 1 aromatic heterocycles. The predicted octanol–water partition coefficient (Wildman–Crippen LogP) is 5.15. The number of carbonyl (C=O) groups is 2. The highest BCUT2D eigenvalue weighted by Crippen LogP contribution is 2.24. The number of amides is 2. The number of thioether (sulfide) groups is 2. The lowest BCUT2D eigenvalue weighted by molar-refractivity contribution is -0.384. The summed E-state index contributed by atoms with van der Waals surface area (Å²) >= 11 is 2.24. The summed E-state index contributed by atoms with van der Waals surface area (Å²) in [5.41, 5.74) is 3.94. The molecule has 0 unspecified atom stereocenters. The number of anilines is 2. The first-order valence-corrected chi connectivity index (χ1v) is 14.0. The lowest BCUT2D eigenvalue weighted by atomic mass is 10.2. The van der Waals surface area contributed by atoms with E-state index in [0.717, 1.165) is 34.7 Å². The van der Waals surface area contributed by atoms with Crippen LogP contribution in [0.3, 0.4) is 0 Å². The van der Waals surface area contributed by atoms with Crippen LogP contribution in [0.1, 0.15) is 16.7 Å². The molecule has 40 heavy (non-hydrogen) atoms. The van der Waals surface area contributed by atoms with Crippen molar-refractivity contribution < 1.29 is 14.5 Å². The van der Waals surface area contributed by atoms with Crippen LogP contribution in [-0.4, -0.2) is 49.3 Å². The highest BCUT2D eigenvalue weighted by atomic mass is 32.2. The Morgan fingerprint density at radius 3 is 1.85 bits per heavy atom. The van der Waals surface area contributed by atoms with E-state index in [4.69, 9.17) is 0 Å². The molecule has 0 aliphatic heterocycles. The Hall–Kier alpha value is -4.49. The van der Waals surface area contributed by atoms with Gasteiger partial charge in [-0.2, -0.15) is 9.78 Å². The number of aryl methyl sites for hydroxylation is 2. The first-order chi connectivity index (χ1) is 19.3. The number of non-ortho nitro benzene ring substituents is 1. The molecule has 0 radical (unpaired) electrons. The zero-order valence-electron chi connectivity index (χ0n) is 21.6. The summed E-state index contributed by atoms with van der Waals surface area (Å²) in [6, 6.07) is 20.9. The number of rotatable bonds is 11. The molecule has 0 aliphatic carbocycles. The highest BCUT2D eigenvalue weighted by Gasteiger charge is 2.16. The van der Waals surface area contributed by atoms with Crippen molar-refractivity contribution in [3.05, 3.63) is 99.6 Å². The van der Waals surface area contributed by atoms with Gasteiger partial charge >= 0.3 is 0 Å². The van der Waals surface area contributed by atoms with E-state index in [1.165, 1.54) is 23.0 Å². The third kappa shape index (κ3) is 8.25. The van der Waals surface area contributed by atoms with Crippen LogP contribution >= 0.6 is 23.5 Å². The molecule has 2 N–H and O–H groups in total. The van der Waals surface area contributed by atoms with Gasteiger partial charge in [-0.1, -0.05) is 71.0 Å². The van der Waals surface area contributed by atoms with E-state index >= 15 is 0 Å². The van der Waals surface area contributed by atoms with Gasteiger partial charge < -0.3 is 10.6 Å². The molecule has 0 fully saturated rings. The second-order valence-corrected chi connectivity index (χ2v) is 10.5. The molecule has 4 rings (SSSR count). The summed E-state index contributed by atoms with van der Waals surface area (Å²) in [7, 11) is 0. The number of hydrogen-bond donors (Lipinski definition) is 2. The third-order valence-corrected chi connectivity index (χ3v) is 7.16. The number of nitro groups is 1. The van der Waals surface area contributed by atoms with E-state index in [2.05, 4.69) is 25.9 Å². The smallest absolute Gasteiger partial charge is 0.270 e. The SMILES string of the molecule is Cc1ccc(NC(=O)CSc2nnc(SCC(=O)Nc3ccc(C)cc3)n2N=Cc2cccc([N+](=O)[O-])c2)cc1. The van der Waals surface area contributed by atoms with Gasteiger partial charge in [-0.05, 0) is 38.1 Å². The van der Waals surface area contributed by atoms with Crippen molar-refractivity contribution in [2.45, 2.75) is 24.2 Å². The molecule has 2 amide bonds. The second kappa shape index (κ2) is 13.5. The van der Waals surface area contributed by atoms with Crippen molar-refractivity contribution in [3.63, 3.8) is 0 Å². The van der Waals surface area contributed by atoms with E-state index < -0.39 is 4.92 Å². The maximum absolute atomic E-state index is 12.5. The second-order valence-electron chi connectivity index (χ2n) is 8.58. The zero-order chi connectivity index (χ0) is 28.5. The minimum atomic E-state index is -0.488. The van der Waals surface area contributed by atoms with Crippen molar-refractivity contribution in [3.8, 4) is 0 Å². The van der Waals surface area contributed by atoms with Gasteiger partial charge in [0.1, 0.15) is 0 Å². The van der Waals surface area contributed by atoms with Gasteiger partial charge in [0.15, 0.2) is 0 Å². The Kier molecular flexibility index (Phi) is 9.65. The number of aromatic nitrogens is 3. The average molecular weight is 576 g/mol. The maximum Gasteiger partial charge on any atom is 0.270 e. The van der Waals surface area contributed by atoms with Crippen molar-refractivity contribution in [1.82, 2.24) is 14.9 Å². The van der Waals surface area contributed by atoms with Gasteiger partial charge in [-0.15, -0.1) is 10.2 Å². The number of nitrogens with one attached hydrogen (secondary N) is 2. The first kappa shape index (κ1) is 28.5. The summed E-state index contributed by atoms with van der Waals surface area (Å²) in [6.07, 6.45) is 1.43. The Bertz CT molecular complexity index is 1460. The minimum absolute atomic E-state index is 0.0386. The number of hydrogen-bond acceptors (Lipinski definition) is 9. The average Bonchev–Trinajstić information content (AvgIpc) is 3.33. The third-order valence-electron chi connectivity index (χ3n) is 5.32. The Balaban J connectivity index is 1.48. The molecular formula is C27H25N7O4S2. The largest absolute Gasteiger partial charge is 0.325 e. The lowest BCUT2D eigenvalue weighted by Gasteiger charge is -2.07. The first-order valence-electron chi connectivity index (χ1n) is 12.0. The molecule has 0 saturated carbocycles. The molecule has 0 atom stereocenters. The number of benzene rings is 3. The van der Waals surface area contributed by atoms with Gasteiger partial charge in [-0.3, -0.25) is 19.7 Å². The van der Waals surface area contributed by atoms with Crippen LogP contribution in [0.25, 0.3) is 0 Å². The molecule has 0 spiro atoms. The monoisotopic (exact) mass is 575 g/mol. The summed E-state index contributed by atoms with van der Waals surface area (Å²) in [4.78, 5) is 35.7. The van der Waals surface area contributed by atoms with Crippen molar-refractivity contribution in [1.29, 1.82) is 0 Å². The molecule has 1 heterocycles. The molecule has 4 aromatic rings. The fourth-order valence-electron chi connectivity index (χ4n) is 3.30. The number of nitro benzene ring substituents is 1. The van der Waals surface area contributed by atoms with Crippen molar-refractivity contribution >= 4 is 58.6 Å². The van der Waals surface area contributed by atoms with E-state index in [1.807, 2.05) is 62.4 Å². The van der Waals surface area contributed by atoms with E-state index in [0.29, 0.717) is 27.3 Å². The van der Waals surface area contributed by atoms with Gasteiger partial charge in [-0.25, -0.2) is 0 Å². The van der Waals surface area contributed by atoms with Crippen LogP contribution in [0.4, 0.5) is 17.1 Å². The summed E-state index contributed by atoms with van der Waals surface area (Å²) in [6.45, 7) is 3.92. The molecule has 11 nitrogen and oxygen atoms in total. The fraction of sp³-hybridized carbons (Fsp3) is 0.148. The standard InChI is InChI=1S/C27H25N7O4S2/c1-18-6-10-21(11-7-18)29-24(35)16-39-26-31-32-27(40-17-25(36)30-22-12-8-19(2)9-13-22)33(26)28-15-20-4-3-5-23(14-20)34(37)38/h3-15H,16-17H2,1-2H3,(H,29,35)(H,30,36). The number of carbonyl (C=O) groups excluding carboxylic acids is 2. The van der Waals surface area contributed by atoms with Crippen LogP contribution in [0.2, 0.25) is 0 Å². The highest BCUT2D eigenvalue weighted by molar-refractivity contribution is 8.00. The summed E-state index contributed by atoms with van der Waals surface area (Å²) < 4.78 is 1.41. The molecule has 0 bridgehead atoms. The molecule has 3 aromatic carbocycles. The van der Waals surface area contributed by atoms with Crippen molar-refractivity contribution in [2.75, 3.05) is 22.1 Å². The van der Waals surface area contributed by atoms with Crippen LogP contribution in [0.5, 0.6) is 0 Å². The van der Waals surface area contributed by atoms with E-state index in [9.17, 15) is 19.7 Å². The minimum Gasteiger partial charge on any atom is -0.325 e. The predicted molar refractivity (Wildman–Crippen MR) is 157 cm³/mol. The normalized spacial score (nSPS) is 10.9. The summed E-state index contributed by atoms with van der Waals surface area (Å²) in [5, 5.41) is 30.2. The van der Waals surface area contributed by atoms with E-state index in [-0.39, 0.29) is 29.0 Å².